The Balaban J connectivity index is 1.96. The second-order valence-corrected chi connectivity index (χ2v) is 5.13. The Labute approximate surface area is 111 Å². The first-order valence-electron chi connectivity index (χ1n) is 6.51. The highest BCUT2D eigenvalue weighted by atomic mass is 16.5. The van der Waals surface area contributed by atoms with E-state index in [2.05, 4.69) is 21.7 Å². The number of aryl methyl sites for hydroxylation is 1. The van der Waals surface area contributed by atoms with Gasteiger partial charge >= 0.3 is 0 Å². The van der Waals surface area contributed by atoms with Crippen LogP contribution in [0.4, 0.5) is 0 Å². The first-order chi connectivity index (χ1) is 9.33. The molecule has 1 aliphatic heterocycles. The lowest BCUT2D eigenvalue weighted by atomic mass is 9.90. The van der Waals surface area contributed by atoms with Crippen LogP contribution in [-0.4, -0.2) is 16.2 Å². The highest BCUT2D eigenvalue weighted by Crippen LogP contribution is 2.46. The summed E-state index contributed by atoms with van der Waals surface area (Å²) in [6.45, 7) is 1.55. The topological polar surface area (TPSA) is 50.8 Å². The Morgan fingerprint density at radius 3 is 3.26 bits per heavy atom. The summed E-state index contributed by atoms with van der Waals surface area (Å²) >= 11 is 0. The number of aromatic nitrogens is 2. The van der Waals surface area contributed by atoms with E-state index in [0.717, 1.165) is 30.6 Å². The lowest BCUT2D eigenvalue weighted by molar-refractivity contribution is -0.0457. The van der Waals surface area contributed by atoms with Crippen LogP contribution >= 0.6 is 0 Å². The summed E-state index contributed by atoms with van der Waals surface area (Å²) in [5, 5.41) is 9.10. The number of rotatable bonds is 0. The molecule has 0 saturated carbocycles. The number of fused-ring (bicyclic) bond motifs is 4. The molecule has 0 radical (unpaired) electrons. The van der Waals surface area contributed by atoms with E-state index in [1.165, 1.54) is 5.56 Å². The maximum atomic E-state index is 9.10. The van der Waals surface area contributed by atoms with E-state index in [1.807, 2.05) is 24.7 Å². The third-order valence-corrected chi connectivity index (χ3v) is 4.23. The molecule has 1 aromatic carbocycles. The molecule has 4 nitrogen and oxygen atoms in total. The van der Waals surface area contributed by atoms with E-state index in [4.69, 9.17) is 10.00 Å². The molecule has 0 saturated heterocycles. The first kappa shape index (κ1) is 10.8. The average Bonchev–Trinajstić information content (AvgIpc) is 3.06. The van der Waals surface area contributed by atoms with E-state index in [-0.39, 0.29) is 0 Å². The Morgan fingerprint density at radius 2 is 2.37 bits per heavy atom. The number of nitriles is 1. The molecule has 4 heteroatoms. The van der Waals surface area contributed by atoms with Crippen LogP contribution < -0.4 is 0 Å². The fourth-order valence-electron chi connectivity index (χ4n) is 3.33. The van der Waals surface area contributed by atoms with E-state index in [1.54, 1.807) is 0 Å². The molecule has 94 valence electrons. The Hall–Kier alpha value is -2.12. The number of benzene rings is 1. The van der Waals surface area contributed by atoms with Gasteiger partial charge in [-0.3, -0.25) is 0 Å². The van der Waals surface area contributed by atoms with Gasteiger partial charge in [-0.1, -0.05) is 6.07 Å². The number of hydrogen-bond acceptors (Lipinski definition) is 3. The molecule has 2 aromatic rings. The predicted octanol–water partition coefficient (Wildman–Crippen LogP) is 1.97. The molecule has 4 rings (SSSR count). The smallest absolute Gasteiger partial charge is 0.135 e. The Bertz CT molecular complexity index is 698. The van der Waals surface area contributed by atoms with E-state index >= 15 is 0 Å². The van der Waals surface area contributed by atoms with Gasteiger partial charge in [-0.15, -0.1) is 0 Å². The van der Waals surface area contributed by atoms with Crippen molar-refractivity contribution in [3.05, 3.63) is 53.1 Å². The minimum Gasteiger partial charge on any atom is -0.362 e. The van der Waals surface area contributed by atoms with Crippen LogP contribution in [0.25, 0.3) is 0 Å². The van der Waals surface area contributed by atoms with Gasteiger partial charge < -0.3 is 9.30 Å². The van der Waals surface area contributed by atoms with Crippen LogP contribution in [0.1, 0.15) is 28.8 Å². The van der Waals surface area contributed by atoms with Crippen molar-refractivity contribution in [2.75, 3.05) is 6.61 Å². The number of imidazole rings is 1. The highest BCUT2D eigenvalue weighted by Gasteiger charge is 2.45. The second kappa shape index (κ2) is 3.69. The lowest BCUT2D eigenvalue weighted by Gasteiger charge is -2.35. The van der Waals surface area contributed by atoms with Crippen molar-refractivity contribution in [2.24, 2.45) is 0 Å². The molecule has 0 amide bonds. The van der Waals surface area contributed by atoms with Gasteiger partial charge in [0.2, 0.25) is 0 Å². The quantitative estimate of drug-likeness (QED) is 0.719. The summed E-state index contributed by atoms with van der Waals surface area (Å²) in [4.78, 5) is 4.26. The molecule has 19 heavy (non-hydrogen) atoms. The van der Waals surface area contributed by atoms with Gasteiger partial charge in [0, 0.05) is 6.54 Å². The SMILES string of the molecule is N#Cc1ccc2c(c1)C1(CC2)OCCn2cncc21. The zero-order valence-corrected chi connectivity index (χ0v) is 10.5. The van der Waals surface area contributed by atoms with Crippen LogP contribution in [-0.2, 0) is 23.3 Å². The molecular formula is C15H13N3O. The molecule has 0 bridgehead atoms. The lowest BCUT2D eigenvalue weighted by Crippen LogP contribution is -2.37. The van der Waals surface area contributed by atoms with Gasteiger partial charge in [0.05, 0.1) is 36.5 Å². The largest absolute Gasteiger partial charge is 0.362 e. The summed E-state index contributed by atoms with van der Waals surface area (Å²) in [5.41, 5.74) is 3.85. The van der Waals surface area contributed by atoms with Gasteiger partial charge in [-0.05, 0) is 36.1 Å². The van der Waals surface area contributed by atoms with E-state index < -0.39 is 5.60 Å². The second-order valence-electron chi connectivity index (χ2n) is 5.13. The van der Waals surface area contributed by atoms with Gasteiger partial charge in [-0.2, -0.15) is 5.26 Å². The molecule has 2 aliphatic rings. The predicted molar refractivity (Wildman–Crippen MR) is 68.4 cm³/mol. The third kappa shape index (κ3) is 1.33. The van der Waals surface area contributed by atoms with Gasteiger partial charge in [0.25, 0.3) is 0 Å². The third-order valence-electron chi connectivity index (χ3n) is 4.23. The molecule has 1 aliphatic carbocycles. The van der Waals surface area contributed by atoms with Crippen LogP contribution in [0.15, 0.2) is 30.7 Å². The molecule has 2 heterocycles. The van der Waals surface area contributed by atoms with Crippen molar-refractivity contribution >= 4 is 0 Å². The average molecular weight is 251 g/mol. The van der Waals surface area contributed by atoms with Crippen molar-refractivity contribution in [2.45, 2.75) is 25.0 Å². The standard InChI is InChI=1S/C15H13N3O/c16-8-11-1-2-12-3-4-15(13(12)7-11)14-9-17-10-18(14)5-6-19-15/h1-2,7,9-10H,3-6H2. The molecule has 1 spiro atoms. The van der Waals surface area contributed by atoms with E-state index in [9.17, 15) is 0 Å². The Morgan fingerprint density at radius 1 is 1.42 bits per heavy atom. The van der Waals surface area contributed by atoms with E-state index in [0.29, 0.717) is 12.2 Å². The van der Waals surface area contributed by atoms with Gasteiger partial charge in [0.15, 0.2) is 0 Å². The summed E-state index contributed by atoms with van der Waals surface area (Å²) < 4.78 is 8.33. The molecule has 0 fully saturated rings. The maximum Gasteiger partial charge on any atom is 0.135 e. The van der Waals surface area contributed by atoms with Crippen LogP contribution in [0.3, 0.4) is 0 Å². The number of ether oxygens (including phenoxy) is 1. The zero-order valence-electron chi connectivity index (χ0n) is 10.5. The summed E-state index contributed by atoms with van der Waals surface area (Å²) in [6, 6.07) is 8.14. The Kier molecular flexibility index (Phi) is 2.09. The summed E-state index contributed by atoms with van der Waals surface area (Å²) in [6.07, 6.45) is 5.69. The van der Waals surface area contributed by atoms with Gasteiger partial charge in [-0.25, -0.2) is 4.98 Å². The normalized spacial score (nSPS) is 23.9. The van der Waals surface area contributed by atoms with Crippen LogP contribution in [0, 0.1) is 11.3 Å². The molecule has 1 aromatic heterocycles. The van der Waals surface area contributed by atoms with Crippen molar-refractivity contribution in [3.8, 4) is 6.07 Å². The van der Waals surface area contributed by atoms with Crippen LogP contribution in [0.5, 0.6) is 0 Å². The van der Waals surface area contributed by atoms with Crippen LogP contribution in [0.2, 0.25) is 0 Å². The maximum absolute atomic E-state index is 9.10. The van der Waals surface area contributed by atoms with Crippen molar-refractivity contribution < 1.29 is 4.74 Å². The fraction of sp³-hybridized carbons (Fsp3) is 0.333. The van der Waals surface area contributed by atoms with Crippen molar-refractivity contribution in [1.29, 1.82) is 5.26 Å². The fourth-order valence-corrected chi connectivity index (χ4v) is 3.33. The summed E-state index contributed by atoms with van der Waals surface area (Å²) in [5.74, 6) is 0. The number of nitrogens with zero attached hydrogens (tertiary/aromatic N) is 3. The van der Waals surface area contributed by atoms with Crippen molar-refractivity contribution in [3.63, 3.8) is 0 Å². The van der Waals surface area contributed by atoms with Crippen molar-refractivity contribution in [1.82, 2.24) is 9.55 Å². The van der Waals surface area contributed by atoms with Gasteiger partial charge in [0.1, 0.15) is 5.60 Å². The molecule has 1 atom stereocenters. The molecule has 1 unspecified atom stereocenters. The minimum atomic E-state index is -0.392. The molecular weight excluding hydrogens is 238 g/mol. The number of hydrogen-bond donors (Lipinski definition) is 0. The minimum absolute atomic E-state index is 0.392. The summed E-state index contributed by atoms with van der Waals surface area (Å²) in [7, 11) is 0. The monoisotopic (exact) mass is 251 g/mol. The zero-order chi connectivity index (χ0) is 12.9. The first-order valence-corrected chi connectivity index (χ1v) is 6.51. The highest BCUT2D eigenvalue weighted by molar-refractivity contribution is 5.48. The molecule has 0 N–H and O–H groups in total.